The minimum absolute atomic E-state index is 0.0480. The van der Waals surface area contributed by atoms with E-state index in [9.17, 15) is 4.79 Å². The Balaban J connectivity index is 1.48. The molecular weight excluding hydrogens is 324 g/mol. The summed E-state index contributed by atoms with van der Waals surface area (Å²) in [4.78, 5) is 12.1. The Morgan fingerprint density at radius 3 is 2.08 bits per heavy atom. The maximum absolute atomic E-state index is 12.1. The fourth-order valence-electron chi connectivity index (χ4n) is 2.61. The summed E-state index contributed by atoms with van der Waals surface area (Å²) in [6.07, 6.45) is 0.976. The molecule has 0 fully saturated rings. The molecule has 0 bridgehead atoms. The molecule has 4 nitrogen and oxygen atoms in total. The summed E-state index contributed by atoms with van der Waals surface area (Å²) in [5.41, 5.74) is 7.92. The molecular formula is C22H22N2O2. The summed E-state index contributed by atoms with van der Waals surface area (Å²) in [5.74, 6) is 1.45. The lowest BCUT2D eigenvalue weighted by atomic mass is 10.0. The van der Waals surface area contributed by atoms with Gasteiger partial charge in [0.1, 0.15) is 11.5 Å². The quantitative estimate of drug-likeness (QED) is 0.640. The monoisotopic (exact) mass is 346 g/mol. The Kier molecular flexibility index (Phi) is 6.01. The number of hydrogen-bond acceptors (Lipinski definition) is 3. The van der Waals surface area contributed by atoms with Gasteiger partial charge in [0.2, 0.25) is 5.91 Å². The van der Waals surface area contributed by atoms with Crippen molar-refractivity contribution in [3.8, 4) is 11.5 Å². The van der Waals surface area contributed by atoms with Crippen molar-refractivity contribution in [1.29, 1.82) is 0 Å². The summed E-state index contributed by atoms with van der Waals surface area (Å²) < 4.78 is 5.74. The largest absolute Gasteiger partial charge is 0.457 e. The van der Waals surface area contributed by atoms with Crippen LogP contribution < -0.4 is 15.8 Å². The molecule has 26 heavy (non-hydrogen) atoms. The molecule has 4 heteroatoms. The number of amides is 1. The van der Waals surface area contributed by atoms with Gasteiger partial charge in [-0.05, 0) is 48.4 Å². The minimum Gasteiger partial charge on any atom is -0.457 e. The molecule has 1 unspecified atom stereocenters. The first kappa shape index (κ1) is 17.7. The van der Waals surface area contributed by atoms with Gasteiger partial charge in [0.25, 0.3) is 0 Å². The van der Waals surface area contributed by atoms with Crippen molar-refractivity contribution in [2.45, 2.75) is 18.9 Å². The molecule has 1 atom stereocenters. The van der Waals surface area contributed by atoms with Gasteiger partial charge >= 0.3 is 0 Å². The number of hydrogen-bond donors (Lipinski definition) is 2. The number of carbonyl (C=O) groups excluding carboxylic acids is 1. The fourth-order valence-corrected chi connectivity index (χ4v) is 2.61. The highest BCUT2D eigenvalue weighted by Gasteiger charge is 2.09. The van der Waals surface area contributed by atoms with E-state index in [1.54, 1.807) is 0 Å². The van der Waals surface area contributed by atoms with Gasteiger partial charge < -0.3 is 15.8 Å². The first-order valence-electron chi connectivity index (χ1n) is 8.64. The minimum atomic E-state index is -0.136. The average Bonchev–Trinajstić information content (AvgIpc) is 2.69. The van der Waals surface area contributed by atoms with Crippen LogP contribution in [0, 0.1) is 0 Å². The third kappa shape index (κ3) is 5.19. The van der Waals surface area contributed by atoms with Crippen molar-refractivity contribution in [3.63, 3.8) is 0 Å². The molecule has 3 aromatic carbocycles. The standard InChI is InChI=1S/C22H22N2O2/c23-21(17-7-3-1-4-8-17)15-16-22(25)24-18-11-13-20(14-12-18)26-19-9-5-2-6-10-19/h1-14,21H,15-16,23H2,(H,24,25). The van der Waals surface area contributed by atoms with Gasteiger partial charge in [0.15, 0.2) is 0 Å². The van der Waals surface area contributed by atoms with Crippen LogP contribution in [0.1, 0.15) is 24.4 Å². The van der Waals surface area contributed by atoms with E-state index in [1.165, 1.54) is 0 Å². The number of carbonyl (C=O) groups is 1. The lowest BCUT2D eigenvalue weighted by Gasteiger charge is -2.12. The third-order valence-corrected chi connectivity index (χ3v) is 4.03. The molecule has 3 N–H and O–H groups in total. The van der Waals surface area contributed by atoms with E-state index in [-0.39, 0.29) is 11.9 Å². The van der Waals surface area contributed by atoms with Gasteiger partial charge in [-0.2, -0.15) is 0 Å². The number of para-hydroxylation sites is 1. The topological polar surface area (TPSA) is 64.4 Å². The fraction of sp³-hybridized carbons (Fsp3) is 0.136. The lowest BCUT2D eigenvalue weighted by molar-refractivity contribution is -0.116. The zero-order chi connectivity index (χ0) is 18.2. The Bertz CT molecular complexity index is 818. The molecule has 132 valence electrons. The maximum Gasteiger partial charge on any atom is 0.224 e. The molecule has 0 saturated heterocycles. The Morgan fingerprint density at radius 2 is 1.42 bits per heavy atom. The van der Waals surface area contributed by atoms with Crippen molar-refractivity contribution in [2.75, 3.05) is 5.32 Å². The van der Waals surface area contributed by atoms with Gasteiger partial charge in [-0.25, -0.2) is 0 Å². The van der Waals surface area contributed by atoms with E-state index in [0.29, 0.717) is 12.8 Å². The summed E-state index contributed by atoms with van der Waals surface area (Å²) in [6.45, 7) is 0. The number of rotatable bonds is 7. The number of ether oxygens (including phenoxy) is 1. The van der Waals surface area contributed by atoms with Gasteiger partial charge in [0.05, 0.1) is 0 Å². The summed E-state index contributed by atoms with van der Waals surface area (Å²) in [6, 6.07) is 26.6. The summed E-state index contributed by atoms with van der Waals surface area (Å²) in [7, 11) is 0. The molecule has 1 amide bonds. The van der Waals surface area contributed by atoms with Crippen LogP contribution >= 0.6 is 0 Å². The molecule has 0 spiro atoms. The highest BCUT2D eigenvalue weighted by Crippen LogP contribution is 2.23. The zero-order valence-corrected chi connectivity index (χ0v) is 14.5. The number of anilines is 1. The smallest absolute Gasteiger partial charge is 0.224 e. The molecule has 0 saturated carbocycles. The SMILES string of the molecule is NC(CCC(=O)Nc1ccc(Oc2ccccc2)cc1)c1ccccc1. The van der Waals surface area contributed by atoms with Gasteiger partial charge in [-0.1, -0.05) is 48.5 Å². The van der Waals surface area contributed by atoms with E-state index in [0.717, 1.165) is 22.7 Å². The number of nitrogens with two attached hydrogens (primary N) is 1. The van der Waals surface area contributed by atoms with E-state index < -0.39 is 0 Å². The molecule has 3 rings (SSSR count). The Morgan fingerprint density at radius 1 is 0.846 bits per heavy atom. The third-order valence-electron chi connectivity index (χ3n) is 4.03. The van der Waals surface area contributed by atoms with Crippen molar-refractivity contribution < 1.29 is 9.53 Å². The van der Waals surface area contributed by atoms with Crippen molar-refractivity contribution in [1.82, 2.24) is 0 Å². The molecule has 0 radical (unpaired) electrons. The average molecular weight is 346 g/mol. The van der Waals surface area contributed by atoms with Crippen LogP contribution in [0.5, 0.6) is 11.5 Å². The van der Waals surface area contributed by atoms with Crippen LogP contribution in [0.3, 0.4) is 0 Å². The number of benzene rings is 3. The highest BCUT2D eigenvalue weighted by atomic mass is 16.5. The van der Waals surface area contributed by atoms with Crippen LogP contribution in [-0.2, 0) is 4.79 Å². The van der Waals surface area contributed by atoms with E-state index >= 15 is 0 Å². The first-order valence-corrected chi connectivity index (χ1v) is 8.64. The molecule has 0 heterocycles. The number of nitrogens with one attached hydrogen (secondary N) is 1. The van der Waals surface area contributed by atoms with Crippen LogP contribution in [-0.4, -0.2) is 5.91 Å². The predicted octanol–water partition coefficient (Wildman–Crippen LogP) is 4.90. The van der Waals surface area contributed by atoms with Crippen LogP contribution in [0.4, 0.5) is 5.69 Å². The molecule has 0 aromatic heterocycles. The molecule has 0 aliphatic heterocycles. The van der Waals surface area contributed by atoms with Crippen molar-refractivity contribution in [3.05, 3.63) is 90.5 Å². The predicted molar refractivity (Wildman–Crippen MR) is 104 cm³/mol. The normalized spacial score (nSPS) is 11.6. The maximum atomic E-state index is 12.1. The highest BCUT2D eigenvalue weighted by molar-refractivity contribution is 5.90. The molecule has 0 aliphatic carbocycles. The van der Waals surface area contributed by atoms with E-state index in [1.807, 2.05) is 84.9 Å². The second kappa shape index (κ2) is 8.83. The Hall–Kier alpha value is -3.11. The van der Waals surface area contributed by atoms with Gasteiger partial charge in [-0.15, -0.1) is 0 Å². The molecule has 0 aliphatic rings. The lowest BCUT2D eigenvalue weighted by Crippen LogP contribution is -2.16. The first-order chi connectivity index (χ1) is 12.7. The summed E-state index contributed by atoms with van der Waals surface area (Å²) in [5, 5.41) is 2.89. The van der Waals surface area contributed by atoms with Crippen molar-refractivity contribution in [2.24, 2.45) is 5.73 Å². The van der Waals surface area contributed by atoms with Crippen LogP contribution in [0.2, 0.25) is 0 Å². The van der Waals surface area contributed by atoms with Gasteiger partial charge in [-0.3, -0.25) is 4.79 Å². The second-order valence-corrected chi connectivity index (χ2v) is 6.04. The van der Waals surface area contributed by atoms with Crippen LogP contribution in [0.25, 0.3) is 0 Å². The van der Waals surface area contributed by atoms with Crippen LogP contribution in [0.15, 0.2) is 84.9 Å². The Labute approximate surface area is 153 Å². The van der Waals surface area contributed by atoms with Gasteiger partial charge in [0, 0.05) is 18.2 Å². The summed E-state index contributed by atoms with van der Waals surface area (Å²) >= 11 is 0. The zero-order valence-electron chi connectivity index (χ0n) is 14.5. The molecule has 3 aromatic rings. The van der Waals surface area contributed by atoms with Crippen molar-refractivity contribution >= 4 is 11.6 Å². The van der Waals surface area contributed by atoms with E-state index in [4.69, 9.17) is 10.5 Å². The second-order valence-electron chi connectivity index (χ2n) is 6.04. The van der Waals surface area contributed by atoms with E-state index in [2.05, 4.69) is 5.32 Å².